The molecule has 11 nitrogen and oxygen atoms in total. The second-order valence-corrected chi connectivity index (χ2v) is 10.7. The predicted molar refractivity (Wildman–Crippen MR) is 157 cm³/mol. The third-order valence-corrected chi connectivity index (χ3v) is 7.61. The van der Waals surface area contributed by atoms with E-state index in [1.807, 2.05) is 24.3 Å². The third kappa shape index (κ3) is 5.55. The molecule has 0 aliphatic carbocycles. The number of hydrogen-bond donors (Lipinski definition) is 4. The van der Waals surface area contributed by atoms with Gasteiger partial charge in [0.2, 0.25) is 5.91 Å². The minimum atomic E-state index is -0.862. The van der Waals surface area contributed by atoms with Gasteiger partial charge < -0.3 is 20.2 Å². The number of aliphatic hydroxyl groups is 1. The van der Waals surface area contributed by atoms with Crippen LogP contribution in [0.15, 0.2) is 66.9 Å². The van der Waals surface area contributed by atoms with E-state index in [1.165, 1.54) is 28.4 Å². The van der Waals surface area contributed by atoms with Gasteiger partial charge in [-0.2, -0.15) is 4.98 Å². The highest BCUT2D eigenvalue weighted by Crippen LogP contribution is 2.34. The van der Waals surface area contributed by atoms with Crippen molar-refractivity contribution in [2.75, 3.05) is 17.2 Å². The molecule has 2 amide bonds. The predicted octanol–water partition coefficient (Wildman–Crippen LogP) is 4.08. The number of carbonyl (C=O) groups excluding carboxylic acids is 2. The highest BCUT2D eigenvalue weighted by molar-refractivity contribution is 6.32. The summed E-state index contributed by atoms with van der Waals surface area (Å²) in [5.74, 6) is -1.28. The largest absolute Gasteiger partial charge is 0.394 e. The molecule has 43 heavy (non-hydrogen) atoms. The second-order valence-electron chi connectivity index (χ2n) is 10.3. The number of rotatable bonds is 8. The van der Waals surface area contributed by atoms with Gasteiger partial charge in [0.1, 0.15) is 17.5 Å². The van der Waals surface area contributed by atoms with Crippen LogP contribution in [0.5, 0.6) is 6.01 Å². The maximum Gasteiger partial charge on any atom is 0.345 e. The standard InChI is InChI=1S/C30H27ClFN7O4/c1-16-9-20(11-21(32)10-16)25(15-40)34-28(41)17(2)38-14-19-8-7-18(12-22(19)29(38)42)27-23(31)13-33-30(35-27)43-39-26-6-4-3-5-24(26)36-37-39/h3-13,17,25,36-37,40H,14-15H2,1-2H3,(H,34,41)/t17-,25-/m1/s1. The first kappa shape index (κ1) is 28.3. The minimum Gasteiger partial charge on any atom is -0.394 e. The molecule has 0 bridgehead atoms. The zero-order valence-electron chi connectivity index (χ0n) is 23.1. The van der Waals surface area contributed by atoms with E-state index in [9.17, 15) is 19.1 Å². The molecule has 0 spiro atoms. The number of benzene rings is 3. The Bertz CT molecular complexity index is 1720. The number of aryl methyl sites for hydroxylation is 1. The summed E-state index contributed by atoms with van der Waals surface area (Å²) in [7, 11) is 0. The van der Waals surface area contributed by atoms with Gasteiger partial charge in [-0.15, -0.1) is 10.7 Å². The zero-order valence-corrected chi connectivity index (χ0v) is 23.9. The van der Waals surface area contributed by atoms with Crippen LogP contribution in [0.3, 0.4) is 0 Å². The van der Waals surface area contributed by atoms with E-state index in [1.54, 1.807) is 38.1 Å². The molecule has 6 rings (SSSR count). The van der Waals surface area contributed by atoms with E-state index in [0.717, 1.165) is 16.9 Å². The van der Waals surface area contributed by atoms with Crippen LogP contribution in [0.25, 0.3) is 11.3 Å². The first-order chi connectivity index (χ1) is 20.7. The molecule has 4 aromatic rings. The number of fused-ring (bicyclic) bond motifs is 2. The van der Waals surface area contributed by atoms with Gasteiger partial charge in [-0.05, 0) is 60.9 Å². The Kier molecular flexibility index (Phi) is 7.57. The number of aromatic nitrogens is 2. The SMILES string of the molecule is Cc1cc(F)cc([C@@H](CO)NC(=O)[C@@H](C)N2Cc3ccc(-c4nc(ON5NNc6ccccc65)ncc4Cl)cc3C2=O)c1. The Labute approximate surface area is 251 Å². The van der Waals surface area contributed by atoms with Gasteiger partial charge in [0, 0.05) is 17.7 Å². The van der Waals surface area contributed by atoms with Gasteiger partial charge in [0.05, 0.1) is 35.2 Å². The summed E-state index contributed by atoms with van der Waals surface area (Å²) >= 11 is 6.45. The van der Waals surface area contributed by atoms with E-state index < -0.39 is 30.4 Å². The molecule has 0 unspecified atom stereocenters. The van der Waals surface area contributed by atoms with Crippen LogP contribution in [-0.4, -0.2) is 44.4 Å². The Morgan fingerprint density at radius 3 is 2.81 bits per heavy atom. The average Bonchev–Trinajstić information content (AvgIpc) is 3.56. The van der Waals surface area contributed by atoms with Gasteiger partial charge in [-0.3, -0.25) is 15.0 Å². The molecule has 2 aliphatic rings. The van der Waals surface area contributed by atoms with Crippen molar-refractivity contribution in [3.63, 3.8) is 0 Å². The molecular weight excluding hydrogens is 577 g/mol. The lowest BCUT2D eigenvalue weighted by molar-refractivity contribution is -0.126. The first-order valence-electron chi connectivity index (χ1n) is 13.5. The Morgan fingerprint density at radius 1 is 1.21 bits per heavy atom. The summed E-state index contributed by atoms with van der Waals surface area (Å²) in [5, 5.41) is 14.3. The molecule has 0 radical (unpaired) electrons. The molecule has 3 aromatic carbocycles. The normalized spacial score (nSPS) is 15.0. The van der Waals surface area contributed by atoms with E-state index in [4.69, 9.17) is 16.4 Å². The molecule has 0 fully saturated rings. The number of aliphatic hydroxyl groups excluding tert-OH is 1. The van der Waals surface area contributed by atoms with Gasteiger partial charge >= 0.3 is 6.01 Å². The summed E-state index contributed by atoms with van der Waals surface area (Å²) in [4.78, 5) is 42.5. The number of nitrogens with one attached hydrogen (secondary N) is 3. The smallest absolute Gasteiger partial charge is 0.345 e. The number of nitrogens with zero attached hydrogens (tertiary/aromatic N) is 4. The van der Waals surface area contributed by atoms with Crippen molar-refractivity contribution < 1.29 is 23.9 Å². The van der Waals surface area contributed by atoms with Crippen LogP contribution in [0.2, 0.25) is 5.02 Å². The molecule has 4 N–H and O–H groups in total. The summed E-state index contributed by atoms with van der Waals surface area (Å²) in [6.45, 7) is 3.12. The van der Waals surface area contributed by atoms with Crippen molar-refractivity contribution in [3.05, 3.63) is 100.0 Å². The monoisotopic (exact) mass is 603 g/mol. The van der Waals surface area contributed by atoms with Crippen molar-refractivity contribution in [2.45, 2.75) is 32.5 Å². The van der Waals surface area contributed by atoms with E-state index >= 15 is 0 Å². The van der Waals surface area contributed by atoms with Crippen LogP contribution in [0.4, 0.5) is 15.8 Å². The third-order valence-electron chi connectivity index (χ3n) is 7.34. The number of amides is 2. The van der Waals surface area contributed by atoms with Crippen molar-refractivity contribution in [3.8, 4) is 17.3 Å². The van der Waals surface area contributed by atoms with Crippen molar-refractivity contribution in [1.29, 1.82) is 0 Å². The lowest BCUT2D eigenvalue weighted by atomic mass is 10.0. The van der Waals surface area contributed by atoms with Crippen LogP contribution >= 0.6 is 11.6 Å². The minimum absolute atomic E-state index is 0.0241. The maximum absolute atomic E-state index is 13.9. The summed E-state index contributed by atoms with van der Waals surface area (Å²) in [6.07, 6.45) is 1.42. The molecule has 220 valence electrons. The fourth-order valence-corrected chi connectivity index (χ4v) is 5.30. The second kappa shape index (κ2) is 11.5. The first-order valence-corrected chi connectivity index (χ1v) is 13.8. The van der Waals surface area contributed by atoms with Crippen molar-refractivity contribution in [2.24, 2.45) is 0 Å². The fourth-order valence-electron chi connectivity index (χ4n) is 5.10. The molecule has 1 aromatic heterocycles. The number of para-hydroxylation sites is 2. The van der Waals surface area contributed by atoms with Crippen molar-refractivity contribution >= 4 is 34.8 Å². The highest BCUT2D eigenvalue weighted by Gasteiger charge is 2.35. The highest BCUT2D eigenvalue weighted by atomic mass is 35.5. The molecule has 3 heterocycles. The van der Waals surface area contributed by atoms with Gasteiger partial charge in [0.15, 0.2) is 0 Å². The number of halogens is 2. The van der Waals surface area contributed by atoms with Crippen LogP contribution < -0.4 is 26.3 Å². The molecule has 0 saturated carbocycles. The number of hydrazine groups is 2. The Balaban J connectivity index is 1.18. The number of anilines is 2. The van der Waals surface area contributed by atoms with E-state index in [0.29, 0.717) is 27.9 Å². The Hall–Kier alpha value is -4.78. The Morgan fingerprint density at radius 2 is 2.02 bits per heavy atom. The number of carbonyl (C=O) groups is 2. The number of hydrogen-bond acceptors (Lipinski definition) is 9. The molecular formula is C30H27ClFN7O4. The maximum atomic E-state index is 13.9. The zero-order chi connectivity index (χ0) is 30.2. The van der Waals surface area contributed by atoms with Crippen LogP contribution in [0, 0.1) is 12.7 Å². The van der Waals surface area contributed by atoms with Crippen LogP contribution in [-0.2, 0) is 11.3 Å². The summed E-state index contributed by atoms with van der Waals surface area (Å²) < 4.78 is 13.9. The topological polar surface area (TPSA) is 132 Å². The summed E-state index contributed by atoms with van der Waals surface area (Å²) in [5.41, 5.74) is 10.6. The molecule has 2 atom stereocenters. The van der Waals surface area contributed by atoms with Gasteiger partial charge in [0.25, 0.3) is 5.91 Å². The van der Waals surface area contributed by atoms with Gasteiger partial charge in [-0.25, -0.2) is 9.37 Å². The lowest BCUT2D eigenvalue weighted by Crippen LogP contribution is -2.46. The molecule has 0 saturated heterocycles. The quantitative estimate of drug-likeness (QED) is 0.235. The molecule has 2 aliphatic heterocycles. The van der Waals surface area contributed by atoms with E-state index in [-0.39, 0.29) is 23.5 Å². The van der Waals surface area contributed by atoms with Crippen molar-refractivity contribution in [1.82, 2.24) is 25.7 Å². The average molecular weight is 604 g/mol. The van der Waals surface area contributed by atoms with Crippen LogP contribution in [0.1, 0.15) is 40.0 Å². The molecule has 13 heteroatoms. The summed E-state index contributed by atoms with van der Waals surface area (Å²) in [6, 6.07) is 15.4. The van der Waals surface area contributed by atoms with E-state index in [2.05, 4.69) is 26.2 Å². The fraction of sp³-hybridized carbons (Fsp3) is 0.200. The van der Waals surface area contributed by atoms with Gasteiger partial charge in [-0.1, -0.05) is 41.9 Å². The lowest BCUT2D eigenvalue weighted by Gasteiger charge is -2.26.